The predicted octanol–water partition coefficient (Wildman–Crippen LogP) is 3.81. The van der Waals surface area contributed by atoms with Crippen molar-refractivity contribution in [3.05, 3.63) is 29.5 Å². The topological polar surface area (TPSA) is 34.4 Å². The van der Waals surface area contributed by atoms with Crippen LogP contribution >= 0.6 is 0 Å². The molecule has 0 aliphatic heterocycles. The van der Waals surface area contributed by atoms with Gasteiger partial charge in [0.25, 0.3) is 0 Å². The van der Waals surface area contributed by atoms with Gasteiger partial charge in [0, 0.05) is 5.39 Å². The van der Waals surface area contributed by atoms with Crippen molar-refractivity contribution < 1.29 is 9.15 Å². The molecule has 102 valence electrons. The van der Waals surface area contributed by atoms with Crippen molar-refractivity contribution in [2.75, 3.05) is 13.7 Å². The van der Waals surface area contributed by atoms with E-state index in [2.05, 4.69) is 31.3 Å². The number of nitrogens with one attached hydrogen (secondary N) is 1. The molecule has 1 heterocycles. The maximum absolute atomic E-state index is 6.07. The Bertz CT molecular complexity index is 584. The average Bonchev–Trinajstić information content (AvgIpc) is 3.14. The van der Waals surface area contributed by atoms with Gasteiger partial charge in [0.15, 0.2) is 11.3 Å². The van der Waals surface area contributed by atoms with Crippen LogP contribution in [0.2, 0.25) is 0 Å². The highest BCUT2D eigenvalue weighted by Crippen LogP contribution is 2.43. The minimum absolute atomic E-state index is 0.349. The van der Waals surface area contributed by atoms with Crippen LogP contribution in [0.4, 0.5) is 0 Å². The summed E-state index contributed by atoms with van der Waals surface area (Å²) in [6.07, 6.45) is 2.59. The van der Waals surface area contributed by atoms with Gasteiger partial charge in [-0.2, -0.15) is 0 Å². The summed E-state index contributed by atoms with van der Waals surface area (Å²) in [5.41, 5.74) is 2.06. The number of rotatable bonds is 5. The van der Waals surface area contributed by atoms with Crippen LogP contribution in [-0.4, -0.2) is 13.7 Å². The smallest absolute Gasteiger partial charge is 0.176 e. The van der Waals surface area contributed by atoms with Crippen LogP contribution in [0.3, 0.4) is 0 Å². The van der Waals surface area contributed by atoms with E-state index in [0.29, 0.717) is 6.04 Å². The van der Waals surface area contributed by atoms with Crippen LogP contribution in [0, 0.1) is 12.8 Å². The second-order valence-electron chi connectivity index (χ2n) is 5.41. The number of benzene rings is 1. The molecule has 1 aliphatic rings. The maximum Gasteiger partial charge on any atom is 0.176 e. The van der Waals surface area contributed by atoms with Crippen LogP contribution < -0.4 is 10.1 Å². The summed E-state index contributed by atoms with van der Waals surface area (Å²) in [5.74, 6) is 2.60. The molecule has 2 aromatic rings. The SMILES string of the molecule is CCNC(c1cc2cc(C)cc(OC)c2o1)C1CC1. The standard InChI is InChI=1S/C16H21NO2/c1-4-17-15(11-5-6-11)13-9-12-7-10(2)8-14(18-3)16(12)19-13/h7-9,11,15,17H,4-6H2,1-3H3. The third kappa shape index (κ3) is 2.35. The molecular formula is C16H21NO2. The summed E-state index contributed by atoms with van der Waals surface area (Å²) in [5, 5.41) is 4.67. The van der Waals surface area contributed by atoms with Gasteiger partial charge >= 0.3 is 0 Å². The fourth-order valence-electron chi connectivity index (χ4n) is 2.74. The molecule has 1 aromatic heterocycles. The first-order valence-corrected chi connectivity index (χ1v) is 7.04. The van der Waals surface area contributed by atoms with Gasteiger partial charge in [-0.3, -0.25) is 0 Å². The first-order valence-electron chi connectivity index (χ1n) is 7.04. The van der Waals surface area contributed by atoms with E-state index in [4.69, 9.17) is 9.15 Å². The fraction of sp³-hybridized carbons (Fsp3) is 0.500. The molecule has 1 fully saturated rings. The zero-order valence-electron chi connectivity index (χ0n) is 11.8. The molecular weight excluding hydrogens is 238 g/mol. The highest BCUT2D eigenvalue weighted by molar-refractivity contribution is 5.84. The Kier molecular flexibility index (Phi) is 3.23. The molecule has 0 radical (unpaired) electrons. The number of ether oxygens (including phenoxy) is 1. The van der Waals surface area contributed by atoms with Crippen LogP contribution in [0.15, 0.2) is 22.6 Å². The van der Waals surface area contributed by atoms with Gasteiger partial charge < -0.3 is 14.5 Å². The summed E-state index contributed by atoms with van der Waals surface area (Å²) >= 11 is 0. The molecule has 1 atom stereocenters. The third-order valence-electron chi connectivity index (χ3n) is 3.79. The van der Waals surface area contributed by atoms with Crippen molar-refractivity contribution >= 4 is 11.0 Å². The van der Waals surface area contributed by atoms with E-state index in [1.54, 1.807) is 7.11 Å². The molecule has 0 bridgehead atoms. The zero-order valence-corrected chi connectivity index (χ0v) is 11.8. The van der Waals surface area contributed by atoms with Gasteiger partial charge in [-0.1, -0.05) is 6.92 Å². The Balaban J connectivity index is 2.04. The molecule has 1 unspecified atom stereocenters. The fourth-order valence-corrected chi connectivity index (χ4v) is 2.74. The summed E-state index contributed by atoms with van der Waals surface area (Å²) in [6, 6.07) is 6.69. The molecule has 3 heteroatoms. The molecule has 0 saturated heterocycles. The van der Waals surface area contributed by atoms with Crippen molar-refractivity contribution in [2.24, 2.45) is 5.92 Å². The van der Waals surface area contributed by atoms with Gasteiger partial charge in [0.1, 0.15) is 5.76 Å². The molecule has 3 nitrogen and oxygen atoms in total. The lowest BCUT2D eigenvalue weighted by Gasteiger charge is -2.13. The van der Waals surface area contributed by atoms with Gasteiger partial charge in [0.05, 0.1) is 13.2 Å². The number of fused-ring (bicyclic) bond motifs is 1. The Labute approximate surface area is 113 Å². The Morgan fingerprint density at radius 2 is 2.16 bits per heavy atom. The predicted molar refractivity (Wildman–Crippen MR) is 76.6 cm³/mol. The van der Waals surface area contributed by atoms with Crippen LogP contribution in [0.5, 0.6) is 5.75 Å². The number of hydrogen-bond acceptors (Lipinski definition) is 3. The second-order valence-corrected chi connectivity index (χ2v) is 5.41. The quantitative estimate of drug-likeness (QED) is 0.886. The van der Waals surface area contributed by atoms with Crippen molar-refractivity contribution in [3.63, 3.8) is 0 Å². The van der Waals surface area contributed by atoms with E-state index in [9.17, 15) is 0 Å². The van der Waals surface area contributed by atoms with E-state index < -0.39 is 0 Å². The highest BCUT2D eigenvalue weighted by Gasteiger charge is 2.34. The normalized spacial score (nSPS) is 16.8. The number of furan rings is 1. The van der Waals surface area contributed by atoms with Crippen LogP contribution in [-0.2, 0) is 0 Å². The van der Waals surface area contributed by atoms with E-state index in [0.717, 1.165) is 34.9 Å². The van der Waals surface area contributed by atoms with Gasteiger partial charge in [-0.25, -0.2) is 0 Å². The molecule has 3 rings (SSSR count). The molecule has 1 aliphatic carbocycles. The lowest BCUT2D eigenvalue weighted by atomic mass is 10.1. The molecule has 1 aromatic carbocycles. The molecule has 1 N–H and O–H groups in total. The van der Waals surface area contributed by atoms with Crippen molar-refractivity contribution in [2.45, 2.75) is 32.7 Å². The van der Waals surface area contributed by atoms with Crippen LogP contribution in [0.25, 0.3) is 11.0 Å². The average molecular weight is 259 g/mol. The van der Waals surface area contributed by atoms with E-state index >= 15 is 0 Å². The second kappa shape index (κ2) is 4.89. The largest absolute Gasteiger partial charge is 0.493 e. The molecule has 1 saturated carbocycles. The minimum atomic E-state index is 0.349. The van der Waals surface area contributed by atoms with Gasteiger partial charge in [-0.15, -0.1) is 0 Å². The van der Waals surface area contributed by atoms with Crippen molar-refractivity contribution in [1.82, 2.24) is 5.32 Å². The summed E-state index contributed by atoms with van der Waals surface area (Å²) < 4.78 is 11.5. The highest BCUT2D eigenvalue weighted by atomic mass is 16.5. The summed E-state index contributed by atoms with van der Waals surface area (Å²) in [4.78, 5) is 0. The van der Waals surface area contributed by atoms with Crippen molar-refractivity contribution in [3.8, 4) is 5.75 Å². The molecule has 0 spiro atoms. The van der Waals surface area contributed by atoms with E-state index in [-0.39, 0.29) is 0 Å². The summed E-state index contributed by atoms with van der Waals surface area (Å²) in [6.45, 7) is 5.19. The van der Waals surface area contributed by atoms with E-state index in [1.807, 2.05) is 6.07 Å². The number of methoxy groups -OCH3 is 1. The summed E-state index contributed by atoms with van der Waals surface area (Å²) in [7, 11) is 1.69. The third-order valence-corrected chi connectivity index (χ3v) is 3.79. The van der Waals surface area contributed by atoms with E-state index in [1.165, 1.54) is 18.4 Å². The maximum atomic E-state index is 6.07. The number of hydrogen-bond donors (Lipinski definition) is 1. The van der Waals surface area contributed by atoms with Crippen LogP contribution in [0.1, 0.15) is 37.1 Å². The number of aryl methyl sites for hydroxylation is 1. The molecule has 19 heavy (non-hydrogen) atoms. The zero-order chi connectivity index (χ0) is 13.4. The Morgan fingerprint density at radius 1 is 1.37 bits per heavy atom. The Morgan fingerprint density at radius 3 is 2.79 bits per heavy atom. The van der Waals surface area contributed by atoms with Gasteiger partial charge in [-0.05, 0) is 56.0 Å². The monoisotopic (exact) mass is 259 g/mol. The minimum Gasteiger partial charge on any atom is -0.493 e. The van der Waals surface area contributed by atoms with Gasteiger partial charge in [0.2, 0.25) is 0 Å². The lowest BCUT2D eigenvalue weighted by Crippen LogP contribution is -2.21. The first kappa shape index (κ1) is 12.5. The molecule has 0 amide bonds. The first-order chi connectivity index (χ1) is 9.22. The lowest BCUT2D eigenvalue weighted by molar-refractivity contribution is 0.384. The Hall–Kier alpha value is -1.48. The van der Waals surface area contributed by atoms with Crippen molar-refractivity contribution in [1.29, 1.82) is 0 Å².